The van der Waals surface area contributed by atoms with Crippen molar-refractivity contribution < 1.29 is 4.74 Å². The highest BCUT2D eigenvalue weighted by molar-refractivity contribution is 5.84. The Morgan fingerprint density at radius 1 is 0.963 bits per heavy atom. The third-order valence-electron chi connectivity index (χ3n) is 4.69. The van der Waals surface area contributed by atoms with Gasteiger partial charge in [0, 0.05) is 22.9 Å². The highest BCUT2D eigenvalue weighted by atomic mass is 16.5. The molecule has 0 amide bonds. The van der Waals surface area contributed by atoms with E-state index in [1.807, 2.05) is 38.2 Å². The Labute approximate surface area is 159 Å². The summed E-state index contributed by atoms with van der Waals surface area (Å²) in [7, 11) is 0. The van der Waals surface area contributed by atoms with Crippen LogP contribution in [-0.4, -0.2) is 10.6 Å². The molecule has 0 N–H and O–H groups in total. The van der Waals surface area contributed by atoms with E-state index in [0.29, 0.717) is 5.56 Å². The van der Waals surface area contributed by atoms with Gasteiger partial charge in [-0.1, -0.05) is 35.9 Å². The number of fused-ring (bicyclic) bond motifs is 1. The van der Waals surface area contributed by atoms with Gasteiger partial charge in [-0.15, -0.1) is 0 Å². The Morgan fingerprint density at radius 2 is 1.70 bits per heavy atom. The van der Waals surface area contributed by atoms with Gasteiger partial charge in [0.25, 0.3) is 0 Å². The first-order chi connectivity index (χ1) is 12.9. The average Bonchev–Trinajstić information content (AvgIpc) is 2.67. The second kappa shape index (κ2) is 6.41. The molecule has 3 nitrogen and oxygen atoms in total. The second-order valence-electron chi connectivity index (χ2n) is 7.38. The normalized spacial score (nSPS) is 14.5. The summed E-state index contributed by atoms with van der Waals surface area (Å²) < 4.78 is 6.06. The third kappa shape index (κ3) is 3.35. The maximum Gasteiger partial charge on any atom is 0.128 e. The molecule has 0 unspecified atom stereocenters. The largest absolute Gasteiger partial charge is 0.483 e. The van der Waals surface area contributed by atoms with Crippen molar-refractivity contribution in [1.82, 2.24) is 4.98 Å². The van der Waals surface area contributed by atoms with Gasteiger partial charge < -0.3 is 4.74 Å². The monoisotopic (exact) mass is 352 g/mol. The lowest BCUT2D eigenvalue weighted by atomic mass is 9.91. The van der Waals surface area contributed by atoms with E-state index >= 15 is 0 Å². The van der Waals surface area contributed by atoms with Gasteiger partial charge in [-0.05, 0) is 56.7 Å². The van der Waals surface area contributed by atoms with Gasteiger partial charge in [-0.25, -0.2) is 0 Å². The lowest BCUT2D eigenvalue weighted by Gasteiger charge is -2.31. The molecule has 1 aliphatic heterocycles. The number of ether oxygens (including phenoxy) is 1. The van der Waals surface area contributed by atoms with Crippen molar-refractivity contribution in [2.45, 2.75) is 26.4 Å². The van der Waals surface area contributed by atoms with E-state index in [1.54, 1.807) is 6.07 Å². The molecule has 3 heteroatoms. The first kappa shape index (κ1) is 17.1. The Hall–Kier alpha value is -3.38. The molecule has 3 aromatic rings. The summed E-state index contributed by atoms with van der Waals surface area (Å²) in [6.07, 6.45) is 3.97. The average molecular weight is 352 g/mol. The Balaban J connectivity index is 1.77. The molecule has 2 heterocycles. The van der Waals surface area contributed by atoms with Crippen LogP contribution in [-0.2, 0) is 0 Å². The standard InChI is InChI=1S/C24H20N2O/c1-16-4-7-18(8-5-16)19-9-10-22(26-15-19)21-13-24(2,3)27-23-11-6-17(14-25)12-20(21)23/h4-13,15H,1-3H3. The van der Waals surface area contributed by atoms with Gasteiger partial charge in [0.1, 0.15) is 11.4 Å². The first-order valence-corrected chi connectivity index (χ1v) is 8.95. The minimum atomic E-state index is -0.437. The number of nitriles is 1. The molecule has 0 aliphatic carbocycles. The summed E-state index contributed by atoms with van der Waals surface area (Å²) in [6.45, 7) is 6.13. The molecule has 1 aromatic heterocycles. The van der Waals surface area contributed by atoms with Crippen molar-refractivity contribution in [3.8, 4) is 22.9 Å². The van der Waals surface area contributed by atoms with Crippen LogP contribution in [0.3, 0.4) is 0 Å². The van der Waals surface area contributed by atoms with Crippen LogP contribution in [0.1, 0.15) is 36.2 Å². The minimum Gasteiger partial charge on any atom is -0.483 e. The van der Waals surface area contributed by atoms with Crippen LogP contribution in [0.5, 0.6) is 5.75 Å². The fourth-order valence-electron chi connectivity index (χ4n) is 3.32. The van der Waals surface area contributed by atoms with E-state index in [4.69, 9.17) is 9.72 Å². The number of nitrogens with zero attached hydrogens (tertiary/aromatic N) is 2. The molecule has 0 saturated heterocycles. The van der Waals surface area contributed by atoms with E-state index in [-0.39, 0.29) is 0 Å². The topological polar surface area (TPSA) is 45.9 Å². The molecule has 0 bridgehead atoms. The molecular formula is C24H20N2O. The quantitative estimate of drug-likeness (QED) is 0.609. The molecule has 0 saturated carbocycles. The molecule has 0 fully saturated rings. The predicted octanol–water partition coefficient (Wildman–Crippen LogP) is 5.53. The summed E-state index contributed by atoms with van der Waals surface area (Å²) in [5.74, 6) is 0.779. The summed E-state index contributed by atoms with van der Waals surface area (Å²) in [5.41, 5.74) is 6.41. The minimum absolute atomic E-state index is 0.437. The number of pyridine rings is 1. The zero-order chi connectivity index (χ0) is 19.0. The Morgan fingerprint density at radius 3 is 2.37 bits per heavy atom. The maximum atomic E-state index is 9.25. The molecule has 132 valence electrons. The van der Waals surface area contributed by atoms with E-state index in [2.05, 4.69) is 49.4 Å². The predicted molar refractivity (Wildman–Crippen MR) is 107 cm³/mol. The van der Waals surface area contributed by atoms with Crippen LogP contribution in [0.4, 0.5) is 0 Å². The lowest BCUT2D eigenvalue weighted by Crippen LogP contribution is -2.29. The van der Waals surface area contributed by atoms with Crippen molar-refractivity contribution in [2.75, 3.05) is 0 Å². The second-order valence-corrected chi connectivity index (χ2v) is 7.38. The summed E-state index contributed by atoms with van der Waals surface area (Å²) in [4.78, 5) is 4.71. The fraction of sp³-hybridized carbons (Fsp3) is 0.167. The molecule has 0 radical (unpaired) electrons. The first-order valence-electron chi connectivity index (χ1n) is 8.95. The van der Waals surface area contributed by atoms with E-state index < -0.39 is 5.60 Å². The Kier molecular flexibility index (Phi) is 4.05. The number of aromatic nitrogens is 1. The smallest absolute Gasteiger partial charge is 0.128 e. The van der Waals surface area contributed by atoms with Crippen LogP contribution in [0.25, 0.3) is 16.7 Å². The van der Waals surface area contributed by atoms with Gasteiger partial charge in [-0.2, -0.15) is 5.26 Å². The van der Waals surface area contributed by atoms with Crippen molar-refractivity contribution in [1.29, 1.82) is 5.26 Å². The number of hydrogen-bond acceptors (Lipinski definition) is 3. The molecule has 0 spiro atoms. The van der Waals surface area contributed by atoms with Gasteiger partial charge in [-0.3, -0.25) is 4.98 Å². The molecule has 1 aliphatic rings. The van der Waals surface area contributed by atoms with E-state index in [0.717, 1.165) is 33.7 Å². The van der Waals surface area contributed by atoms with Crippen molar-refractivity contribution in [2.24, 2.45) is 0 Å². The van der Waals surface area contributed by atoms with Crippen molar-refractivity contribution in [3.63, 3.8) is 0 Å². The number of rotatable bonds is 2. The van der Waals surface area contributed by atoms with Gasteiger partial charge in [0.15, 0.2) is 0 Å². The highest BCUT2D eigenvalue weighted by Crippen LogP contribution is 2.39. The van der Waals surface area contributed by atoms with Gasteiger partial charge in [0.05, 0.1) is 17.3 Å². The SMILES string of the molecule is Cc1ccc(-c2ccc(C3=CC(C)(C)Oc4ccc(C#N)cc43)nc2)cc1. The van der Waals surface area contributed by atoms with Crippen LogP contribution in [0.2, 0.25) is 0 Å². The molecule has 4 rings (SSSR count). The summed E-state index contributed by atoms with van der Waals surface area (Å²) >= 11 is 0. The summed E-state index contributed by atoms with van der Waals surface area (Å²) in [5, 5.41) is 9.25. The van der Waals surface area contributed by atoms with Crippen molar-refractivity contribution in [3.05, 3.63) is 89.3 Å². The number of aryl methyl sites for hydroxylation is 1. The van der Waals surface area contributed by atoms with E-state index in [9.17, 15) is 5.26 Å². The third-order valence-corrected chi connectivity index (χ3v) is 4.69. The molecule has 2 aromatic carbocycles. The van der Waals surface area contributed by atoms with Crippen LogP contribution >= 0.6 is 0 Å². The van der Waals surface area contributed by atoms with Crippen LogP contribution in [0, 0.1) is 18.3 Å². The van der Waals surface area contributed by atoms with Gasteiger partial charge in [0.2, 0.25) is 0 Å². The zero-order valence-electron chi connectivity index (χ0n) is 15.7. The summed E-state index contributed by atoms with van der Waals surface area (Å²) in [6, 6.07) is 20.3. The maximum absolute atomic E-state index is 9.25. The molecule has 27 heavy (non-hydrogen) atoms. The van der Waals surface area contributed by atoms with Crippen LogP contribution < -0.4 is 4.74 Å². The number of hydrogen-bond donors (Lipinski definition) is 0. The van der Waals surface area contributed by atoms with E-state index in [1.165, 1.54) is 5.56 Å². The highest BCUT2D eigenvalue weighted by Gasteiger charge is 2.28. The fourth-order valence-corrected chi connectivity index (χ4v) is 3.32. The number of benzene rings is 2. The van der Waals surface area contributed by atoms with Gasteiger partial charge >= 0.3 is 0 Å². The molecule has 0 atom stereocenters. The lowest BCUT2D eigenvalue weighted by molar-refractivity contribution is 0.158. The van der Waals surface area contributed by atoms with Crippen molar-refractivity contribution >= 4 is 5.57 Å². The zero-order valence-corrected chi connectivity index (χ0v) is 15.7. The molecular weight excluding hydrogens is 332 g/mol. The van der Waals surface area contributed by atoms with Crippen LogP contribution in [0.15, 0.2) is 66.9 Å². The Bertz CT molecular complexity index is 1070.